The summed E-state index contributed by atoms with van der Waals surface area (Å²) in [5.74, 6) is 0.107. The number of carbonyl (C=O) groups is 1. The highest BCUT2D eigenvalue weighted by molar-refractivity contribution is 9.10. The van der Waals surface area contributed by atoms with Crippen molar-refractivity contribution < 1.29 is 4.79 Å². The highest BCUT2D eigenvalue weighted by atomic mass is 79.9. The van der Waals surface area contributed by atoms with E-state index >= 15 is 0 Å². The minimum Gasteiger partial charge on any atom is -0.339 e. The van der Waals surface area contributed by atoms with Crippen LogP contribution in [-0.2, 0) is 0 Å². The minimum absolute atomic E-state index is 0.107. The van der Waals surface area contributed by atoms with Crippen molar-refractivity contribution >= 4 is 33.4 Å². The third-order valence-corrected chi connectivity index (χ3v) is 3.95. The zero-order chi connectivity index (χ0) is 12.3. The summed E-state index contributed by atoms with van der Waals surface area (Å²) in [5.41, 5.74) is 0.705. The summed E-state index contributed by atoms with van der Waals surface area (Å²) in [7, 11) is 0. The summed E-state index contributed by atoms with van der Waals surface area (Å²) in [5, 5.41) is 0.643. The number of benzene rings is 1. The largest absolute Gasteiger partial charge is 0.339 e. The average Bonchev–Trinajstić information content (AvgIpc) is 2.56. The number of likely N-dealkylation sites (tertiary alicyclic amines) is 1. The van der Waals surface area contributed by atoms with Gasteiger partial charge in [-0.15, -0.1) is 0 Å². The number of rotatable bonds is 1. The molecule has 0 unspecified atom stereocenters. The zero-order valence-electron chi connectivity index (χ0n) is 9.59. The van der Waals surface area contributed by atoms with Crippen molar-refractivity contribution in [3.63, 3.8) is 0 Å². The molecule has 92 valence electrons. The normalized spacial score (nSPS) is 16.7. The molecule has 0 aromatic heterocycles. The molecule has 0 atom stereocenters. The van der Waals surface area contributed by atoms with Gasteiger partial charge in [-0.05, 0) is 47.0 Å². The Morgan fingerprint density at radius 3 is 2.41 bits per heavy atom. The van der Waals surface area contributed by atoms with Gasteiger partial charge in [0.05, 0.1) is 5.56 Å². The van der Waals surface area contributed by atoms with Crippen LogP contribution < -0.4 is 0 Å². The molecule has 1 heterocycles. The number of hydrogen-bond acceptors (Lipinski definition) is 1. The van der Waals surface area contributed by atoms with Gasteiger partial charge in [0, 0.05) is 22.6 Å². The Bertz CT molecular complexity index is 414. The molecule has 2 nitrogen and oxygen atoms in total. The molecule has 0 aliphatic carbocycles. The molecule has 1 aliphatic heterocycles. The van der Waals surface area contributed by atoms with Crippen LogP contribution in [0.3, 0.4) is 0 Å². The first-order valence-corrected chi connectivity index (χ1v) is 7.10. The third-order valence-electron chi connectivity index (χ3n) is 3.05. The lowest BCUT2D eigenvalue weighted by atomic mass is 10.2. The first-order valence-electron chi connectivity index (χ1n) is 5.93. The molecule has 1 aromatic rings. The van der Waals surface area contributed by atoms with Gasteiger partial charge in [-0.1, -0.05) is 24.4 Å². The predicted octanol–water partition coefficient (Wildman–Crippen LogP) is 4.12. The molecule has 1 fully saturated rings. The first kappa shape index (κ1) is 12.9. The molecule has 1 aliphatic rings. The lowest BCUT2D eigenvalue weighted by Crippen LogP contribution is -2.32. The van der Waals surface area contributed by atoms with E-state index < -0.39 is 0 Å². The Hall–Kier alpha value is -0.540. The van der Waals surface area contributed by atoms with E-state index in [9.17, 15) is 4.79 Å². The quantitative estimate of drug-likeness (QED) is 0.763. The van der Waals surface area contributed by atoms with E-state index in [4.69, 9.17) is 11.6 Å². The van der Waals surface area contributed by atoms with Crippen molar-refractivity contribution in [2.75, 3.05) is 13.1 Å². The van der Waals surface area contributed by atoms with E-state index in [1.54, 1.807) is 18.2 Å². The molecule has 0 N–H and O–H groups in total. The maximum Gasteiger partial charge on any atom is 0.254 e. The SMILES string of the molecule is O=C(c1ccc(Cl)cc1Br)N1CCCCCC1. The van der Waals surface area contributed by atoms with Crippen molar-refractivity contribution in [1.82, 2.24) is 4.90 Å². The molecule has 0 saturated carbocycles. The highest BCUT2D eigenvalue weighted by Crippen LogP contribution is 2.23. The van der Waals surface area contributed by atoms with Crippen molar-refractivity contribution in [3.05, 3.63) is 33.3 Å². The zero-order valence-corrected chi connectivity index (χ0v) is 11.9. The molecule has 1 amide bonds. The maximum absolute atomic E-state index is 12.3. The van der Waals surface area contributed by atoms with Crippen LogP contribution in [0, 0.1) is 0 Å². The number of halogens is 2. The van der Waals surface area contributed by atoms with Gasteiger partial charge in [-0.25, -0.2) is 0 Å². The van der Waals surface area contributed by atoms with Gasteiger partial charge in [0.2, 0.25) is 0 Å². The second kappa shape index (κ2) is 5.87. The molecule has 0 spiro atoms. The molecular formula is C13H15BrClNO. The van der Waals surface area contributed by atoms with Crippen LogP contribution in [0.15, 0.2) is 22.7 Å². The van der Waals surface area contributed by atoms with E-state index in [1.165, 1.54) is 12.8 Å². The summed E-state index contributed by atoms with van der Waals surface area (Å²) in [6.07, 6.45) is 4.67. The van der Waals surface area contributed by atoms with Gasteiger partial charge < -0.3 is 4.90 Å². The Morgan fingerprint density at radius 2 is 1.82 bits per heavy atom. The van der Waals surface area contributed by atoms with E-state index in [0.717, 1.165) is 30.4 Å². The van der Waals surface area contributed by atoms with Crippen LogP contribution in [0.5, 0.6) is 0 Å². The van der Waals surface area contributed by atoms with Crippen LogP contribution in [0.2, 0.25) is 5.02 Å². The van der Waals surface area contributed by atoms with Gasteiger partial charge in [-0.3, -0.25) is 4.79 Å². The molecule has 0 radical (unpaired) electrons. The molecule has 1 saturated heterocycles. The van der Waals surface area contributed by atoms with E-state index in [2.05, 4.69) is 15.9 Å². The Labute approximate surface area is 115 Å². The molecule has 2 rings (SSSR count). The second-order valence-electron chi connectivity index (χ2n) is 4.33. The van der Waals surface area contributed by atoms with Crippen LogP contribution in [0.25, 0.3) is 0 Å². The van der Waals surface area contributed by atoms with Gasteiger partial charge in [0.25, 0.3) is 5.91 Å². The van der Waals surface area contributed by atoms with Crippen molar-refractivity contribution in [3.8, 4) is 0 Å². The summed E-state index contributed by atoms with van der Waals surface area (Å²) >= 11 is 9.28. The number of carbonyl (C=O) groups excluding carboxylic acids is 1. The summed E-state index contributed by atoms with van der Waals surface area (Å²) in [4.78, 5) is 14.3. The van der Waals surface area contributed by atoms with Crippen molar-refractivity contribution in [2.45, 2.75) is 25.7 Å². The van der Waals surface area contributed by atoms with Gasteiger partial charge >= 0.3 is 0 Å². The molecular weight excluding hydrogens is 302 g/mol. The summed E-state index contributed by atoms with van der Waals surface area (Å²) in [6, 6.07) is 5.32. The van der Waals surface area contributed by atoms with E-state index in [1.807, 2.05) is 4.90 Å². The van der Waals surface area contributed by atoms with Crippen molar-refractivity contribution in [1.29, 1.82) is 0 Å². The minimum atomic E-state index is 0.107. The standard InChI is InChI=1S/C13H15BrClNO/c14-12-9-10(15)5-6-11(12)13(17)16-7-3-1-2-4-8-16/h5-6,9H,1-4,7-8H2. The summed E-state index contributed by atoms with van der Waals surface area (Å²) in [6.45, 7) is 1.74. The number of nitrogens with zero attached hydrogens (tertiary/aromatic N) is 1. The number of hydrogen-bond donors (Lipinski definition) is 0. The fourth-order valence-corrected chi connectivity index (χ4v) is 2.96. The second-order valence-corrected chi connectivity index (χ2v) is 5.62. The van der Waals surface area contributed by atoms with E-state index in [-0.39, 0.29) is 5.91 Å². The van der Waals surface area contributed by atoms with Crippen LogP contribution in [-0.4, -0.2) is 23.9 Å². The monoisotopic (exact) mass is 315 g/mol. The fraction of sp³-hybridized carbons (Fsp3) is 0.462. The average molecular weight is 317 g/mol. The lowest BCUT2D eigenvalue weighted by molar-refractivity contribution is 0.0761. The number of amides is 1. The van der Waals surface area contributed by atoms with Gasteiger partial charge in [0.1, 0.15) is 0 Å². The molecule has 4 heteroatoms. The Kier molecular flexibility index (Phi) is 4.46. The third kappa shape index (κ3) is 3.23. The Balaban J connectivity index is 2.17. The van der Waals surface area contributed by atoms with Crippen LogP contribution >= 0.6 is 27.5 Å². The smallest absolute Gasteiger partial charge is 0.254 e. The van der Waals surface area contributed by atoms with Gasteiger partial charge in [0.15, 0.2) is 0 Å². The lowest BCUT2D eigenvalue weighted by Gasteiger charge is -2.20. The van der Waals surface area contributed by atoms with Crippen LogP contribution in [0.1, 0.15) is 36.0 Å². The molecule has 17 heavy (non-hydrogen) atoms. The molecule has 0 bridgehead atoms. The molecule has 1 aromatic carbocycles. The van der Waals surface area contributed by atoms with E-state index in [0.29, 0.717) is 10.6 Å². The topological polar surface area (TPSA) is 20.3 Å². The van der Waals surface area contributed by atoms with Gasteiger partial charge in [-0.2, -0.15) is 0 Å². The summed E-state index contributed by atoms with van der Waals surface area (Å²) < 4.78 is 0.777. The van der Waals surface area contributed by atoms with Crippen LogP contribution in [0.4, 0.5) is 0 Å². The fourth-order valence-electron chi connectivity index (χ4n) is 2.11. The maximum atomic E-state index is 12.3. The predicted molar refractivity (Wildman–Crippen MR) is 73.5 cm³/mol. The Morgan fingerprint density at radius 1 is 1.18 bits per heavy atom. The first-order chi connectivity index (χ1) is 8.18. The highest BCUT2D eigenvalue weighted by Gasteiger charge is 2.19. The van der Waals surface area contributed by atoms with Crippen molar-refractivity contribution in [2.24, 2.45) is 0 Å².